The average molecular weight is 254 g/mol. The Labute approximate surface area is 95.7 Å². The quantitative estimate of drug-likeness (QED) is 0.503. The zero-order chi connectivity index (χ0) is 11.9. The first-order chi connectivity index (χ1) is 6.94. The summed E-state index contributed by atoms with van der Waals surface area (Å²) >= 11 is 1.62. The molecule has 0 heterocycles. The molecule has 0 aliphatic rings. The SMILES string of the molecule is COC(=O)CC(C)S(=O)(=O)CCCSC. The first kappa shape index (κ1) is 14.8. The van der Waals surface area contributed by atoms with Gasteiger partial charge in [-0.2, -0.15) is 11.8 Å². The number of hydrogen-bond donors (Lipinski definition) is 0. The van der Waals surface area contributed by atoms with Crippen molar-refractivity contribution in [1.82, 2.24) is 0 Å². The molecule has 1 unspecified atom stereocenters. The summed E-state index contributed by atoms with van der Waals surface area (Å²) in [6.07, 6.45) is 2.51. The molecule has 0 spiro atoms. The number of rotatable bonds is 7. The number of ether oxygens (including phenoxy) is 1. The second kappa shape index (κ2) is 7.11. The lowest BCUT2D eigenvalue weighted by molar-refractivity contribution is -0.140. The van der Waals surface area contributed by atoms with Crippen LogP contribution in [-0.2, 0) is 19.4 Å². The van der Waals surface area contributed by atoms with Crippen molar-refractivity contribution >= 4 is 27.6 Å². The number of carbonyl (C=O) groups is 1. The number of carbonyl (C=O) groups excluding carboxylic acids is 1. The molecule has 0 aromatic rings. The molecule has 0 amide bonds. The Morgan fingerprint density at radius 1 is 1.47 bits per heavy atom. The zero-order valence-corrected chi connectivity index (χ0v) is 11.0. The van der Waals surface area contributed by atoms with Crippen molar-refractivity contribution in [2.45, 2.75) is 25.0 Å². The van der Waals surface area contributed by atoms with Crippen molar-refractivity contribution in [2.24, 2.45) is 0 Å². The predicted molar refractivity (Wildman–Crippen MR) is 62.9 cm³/mol. The summed E-state index contributed by atoms with van der Waals surface area (Å²) in [6.45, 7) is 1.55. The van der Waals surface area contributed by atoms with Crippen molar-refractivity contribution < 1.29 is 17.9 Å². The molecule has 0 saturated heterocycles. The average Bonchev–Trinajstić information content (AvgIpc) is 2.17. The molecule has 6 heteroatoms. The van der Waals surface area contributed by atoms with E-state index >= 15 is 0 Å². The van der Waals surface area contributed by atoms with Crippen molar-refractivity contribution in [3.8, 4) is 0 Å². The van der Waals surface area contributed by atoms with E-state index in [0.717, 1.165) is 5.75 Å². The Hall–Kier alpha value is -0.230. The molecule has 0 fully saturated rings. The van der Waals surface area contributed by atoms with Gasteiger partial charge in [-0.15, -0.1) is 0 Å². The molecule has 0 saturated carbocycles. The van der Waals surface area contributed by atoms with Crippen LogP contribution in [0.25, 0.3) is 0 Å². The Kier molecular flexibility index (Phi) is 7.00. The normalized spacial score (nSPS) is 13.5. The highest BCUT2D eigenvalue weighted by Crippen LogP contribution is 2.10. The second-order valence-corrected chi connectivity index (χ2v) is 6.83. The highest BCUT2D eigenvalue weighted by Gasteiger charge is 2.23. The van der Waals surface area contributed by atoms with Crippen LogP contribution in [0.3, 0.4) is 0 Å². The van der Waals surface area contributed by atoms with Crippen LogP contribution in [0.15, 0.2) is 0 Å². The van der Waals surface area contributed by atoms with E-state index in [1.807, 2.05) is 6.26 Å². The number of sulfone groups is 1. The maximum atomic E-state index is 11.6. The zero-order valence-electron chi connectivity index (χ0n) is 9.36. The molecular formula is C9H18O4S2. The summed E-state index contributed by atoms with van der Waals surface area (Å²) in [6, 6.07) is 0. The molecule has 0 bridgehead atoms. The third-order valence-corrected chi connectivity index (χ3v) is 5.02. The van der Waals surface area contributed by atoms with E-state index in [1.54, 1.807) is 18.7 Å². The molecular weight excluding hydrogens is 236 g/mol. The van der Waals surface area contributed by atoms with Crippen molar-refractivity contribution in [3.05, 3.63) is 0 Å². The fraction of sp³-hybridized carbons (Fsp3) is 0.889. The van der Waals surface area contributed by atoms with E-state index in [4.69, 9.17) is 0 Å². The van der Waals surface area contributed by atoms with E-state index in [9.17, 15) is 13.2 Å². The Morgan fingerprint density at radius 2 is 2.07 bits per heavy atom. The van der Waals surface area contributed by atoms with Gasteiger partial charge in [-0.25, -0.2) is 8.42 Å². The third kappa shape index (κ3) is 6.04. The first-order valence-corrected chi connectivity index (χ1v) is 7.82. The van der Waals surface area contributed by atoms with E-state index in [2.05, 4.69) is 4.74 Å². The minimum absolute atomic E-state index is 0.0574. The molecule has 0 aromatic heterocycles. The molecule has 0 aromatic carbocycles. The fourth-order valence-corrected chi connectivity index (χ4v) is 3.01. The minimum Gasteiger partial charge on any atom is -0.469 e. The fourth-order valence-electron chi connectivity index (χ4n) is 1.05. The Morgan fingerprint density at radius 3 is 2.53 bits per heavy atom. The highest BCUT2D eigenvalue weighted by molar-refractivity contribution is 7.98. The molecule has 15 heavy (non-hydrogen) atoms. The summed E-state index contributed by atoms with van der Waals surface area (Å²) < 4.78 is 27.7. The number of hydrogen-bond acceptors (Lipinski definition) is 5. The van der Waals surface area contributed by atoms with Crippen LogP contribution in [-0.4, -0.2) is 44.5 Å². The lowest BCUT2D eigenvalue weighted by Gasteiger charge is -2.11. The largest absolute Gasteiger partial charge is 0.469 e. The second-order valence-electron chi connectivity index (χ2n) is 3.30. The van der Waals surface area contributed by atoms with Crippen molar-refractivity contribution in [2.75, 3.05) is 24.9 Å². The number of esters is 1. The molecule has 1 atom stereocenters. The minimum atomic E-state index is -3.15. The molecule has 0 N–H and O–H groups in total. The van der Waals surface area contributed by atoms with E-state index in [1.165, 1.54) is 7.11 Å². The van der Waals surface area contributed by atoms with Gasteiger partial charge in [-0.3, -0.25) is 4.79 Å². The van der Waals surface area contributed by atoms with E-state index in [-0.39, 0.29) is 12.2 Å². The van der Waals surface area contributed by atoms with Gasteiger partial charge in [-0.1, -0.05) is 0 Å². The Balaban J connectivity index is 4.14. The van der Waals surface area contributed by atoms with E-state index in [0.29, 0.717) is 6.42 Å². The van der Waals surface area contributed by atoms with E-state index < -0.39 is 21.1 Å². The summed E-state index contributed by atoms with van der Waals surface area (Å²) in [7, 11) is -1.89. The maximum absolute atomic E-state index is 11.6. The van der Waals surface area contributed by atoms with Gasteiger partial charge in [0.05, 0.1) is 24.5 Å². The lowest BCUT2D eigenvalue weighted by atomic mass is 10.3. The number of thioether (sulfide) groups is 1. The standard InChI is InChI=1S/C9H18O4S2/c1-8(7-9(10)13-2)15(11,12)6-4-5-14-3/h8H,4-7H2,1-3H3. The summed E-state index contributed by atoms with van der Waals surface area (Å²) in [5, 5.41) is -0.646. The highest BCUT2D eigenvalue weighted by atomic mass is 32.2. The maximum Gasteiger partial charge on any atom is 0.306 e. The van der Waals surface area contributed by atoms with Crippen molar-refractivity contribution in [3.63, 3.8) is 0 Å². The molecule has 90 valence electrons. The molecule has 0 radical (unpaired) electrons. The summed E-state index contributed by atoms with van der Waals surface area (Å²) in [5.74, 6) is 0.492. The van der Waals surface area contributed by atoms with Crippen LogP contribution in [0.5, 0.6) is 0 Å². The monoisotopic (exact) mass is 254 g/mol. The topological polar surface area (TPSA) is 60.4 Å². The van der Waals surface area contributed by atoms with Crippen LogP contribution in [0.1, 0.15) is 19.8 Å². The van der Waals surface area contributed by atoms with Crippen LogP contribution in [0.2, 0.25) is 0 Å². The van der Waals surface area contributed by atoms with Gasteiger partial charge in [0.2, 0.25) is 0 Å². The third-order valence-electron chi connectivity index (χ3n) is 2.07. The van der Waals surface area contributed by atoms with Gasteiger partial charge < -0.3 is 4.74 Å². The summed E-state index contributed by atoms with van der Waals surface area (Å²) in [4.78, 5) is 10.9. The first-order valence-electron chi connectivity index (χ1n) is 4.71. The molecule has 0 aliphatic heterocycles. The van der Waals surface area contributed by atoms with Crippen molar-refractivity contribution in [1.29, 1.82) is 0 Å². The van der Waals surface area contributed by atoms with Gasteiger partial charge >= 0.3 is 5.97 Å². The predicted octanol–water partition coefficient (Wildman–Crippen LogP) is 1.11. The van der Waals surface area contributed by atoms with Gasteiger partial charge in [0.1, 0.15) is 0 Å². The smallest absolute Gasteiger partial charge is 0.306 e. The number of methoxy groups -OCH3 is 1. The van der Waals surface area contributed by atoms with Crippen LogP contribution in [0, 0.1) is 0 Å². The summed E-state index contributed by atoms with van der Waals surface area (Å²) in [5.41, 5.74) is 0. The Bertz CT molecular complexity index is 284. The van der Waals surface area contributed by atoms with Crippen LogP contribution < -0.4 is 0 Å². The van der Waals surface area contributed by atoms with Gasteiger partial charge in [0.25, 0.3) is 0 Å². The van der Waals surface area contributed by atoms with Crippen LogP contribution >= 0.6 is 11.8 Å². The van der Waals surface area contributed by atoms with Gasteiger partial charge in [0.15, 0.2) is 9.84 Å². The van der Waals surface area contributed by atoms with Gasteiger partial charge in [-0.05, 0) is 25.4 Å². The lowest BCUT2D eigenvalue weighted by Crippen LogP contribution is -2.24. The molecule has 4 nitrogen and oxygen atoms in total. The molecule has 0 rings (SSSR count). The molecule has 0 aliphatic carbocycles. The van der Waals surface area contributed by atoms with Gasteiger partial charge in [0, 0.05) is 0 Å². The van der Waals surface area contributed by atoms with Crippen LogP contribution in [0.4, 0.5) is 0 Å².